The number of hydrogen-bond donors (Lipinski definition) is 1. The number of benzene rings is 2. The molecule has 0 amide bonds. The first kappa shape index (κ1) is 19.7. The van der Waals surface area contributed by atoms with Gasteiger partial charge in [0.25, 0.3) is 0 Å². The van der Waals surface area contributed by atoms with E-state index in [0.29, 0.717) is 35.0 Å². The minimum absolute atomic E-state index is 0.0153. The van der Waals surface area contributed by atoms with E-state index in [4.69, 9.17) is 11.6 Å². The molecule has 5 heteroatoms. The van der Waals surface area contributed by atoms with Crippen molar-refractivity contribution < 1.29 is 18.7 Å². The Hall–Kier alpha value is -2.20. The van der Waals surface area contributed by atoms with Crippen LogP contribution < -0.4 is 0 Å². The molecule has 0 aliphatic heterocycles. The minimum atomic E-state index is -1.09. The van der Waals surface area contributed by atoms with E-state index in [1.807, 2.05) is 13.0 Å². The average Bonchev–Trinajstić information content (AvgIpc) is 3.05. The molecule has 3 saturated carbocycles. The number of rotatable bonds is 3. The van der Waals surface area contributed by atoms with Crippen molar-refractivity contribution in [2.75, 3.05) is 0 Å². The summed E-state index contributed by atoms with van der Waals surface area (Å²) in [6.45, 7) is 1.98. The molecule has 30 heavy (non-hydrogen) atoms. The fraction of sp³-hybridized carbons (Fsp3) is 0.400. The number of ketones is 1. The molecule has 0 aromatic heterocycles. The van der Waals surface area contributed by atoms with E-state index >= 15 is 0 Å². The number of allylic oxidation sites excluding steroid dienone is 2. The summed E-state index contributed by atoms with van der Waals surface area (Å²) in [5.41, 5.74) is 2.48. The van der Waals surface area contributed by atoms with Gasteiger partial charge in [-0.15, -0.1) is 0 Å². The highest BCUT2D eigenvalue weighted by atomic mass is 35.5. The summed E-state index contributed by atoms with van der Waals surface area (Å²) >= 11 is 5.70. The molecule has 0 unspecified atom stereocenters. The van der Waals surface area contributed by atoms with E-state index in [0.717, 1.165) is 31.2 Å². The number of Topliss-reactive ketones (excluding diaryl/α,β-unsaturated/α-hetero) is 1. The molecule has 6 rings (SSSR count). The standard InChI is InChI=1S/C25H23ClF2O2/c1-2-12-3-8-15(16-9-10-18(26)23(28)22(16)27)11-17(12)21-24(29)19-13-4-5-14(7-6-13)20(19)25(21)30/h3,8-11,13-14,19-20,29H,2,4-7H2,1H3/t13?,14?,19-,20+/m0/s1. The van der Waals surface area contributed by atoms with Crippen molar-refractivity contribution in [1.82, 2.24) is 0 Å². The van der Waals surface area contributed by atoms with Gasteiger partial charge >= 0.3 is 0 Å². The van der Waals surface area contributed by atoms with Crippen molar-refractivity contribution in [2.24, 2.45) is 23.7 Å². The summed E-state index contributed by atoms with van der Waals surface area (Å²) in [5.74, 6) is -1.41. The second-order valence-electron chi connectivity index (χ2n) is 8.80. The summed E-state index contributed by atoms with van der Waals surface area (Å²) in [5, 5.41) is 10.9. The molecule has 0 spiro atoms. The summed E-state index contributed by atoms with van der Waals surface area (Å²) in [4.78, 5) is 13.5. The lowest BCUT2D eigenvalue weighted by Gasteiger charge is -2.44. The number of hydrogen-bond acceptors (Lipinski definition) is 2. The Balaban J connectivity index is 1.65. The predicted molar refractivity (Wildman–Crippen MR) is 113 cm³/mol. The number of aryl methyl sites for hydroxylation is 1. The van der Waals surface area contributed by atoms with Crippen molar-refractivity contribution in [3.63, 3.8) is 0 Å². The van der Waals surface area contributed by atoms with Crippen molar-refractivity contribution in [2.45, 2.75) is 39.0 Å². The zero-order chi connectivity index (χ0) is 21.2. The maximum atomic E-state index is 14.6. The lowest BCUT2D eigenvalue weighted by Crippen LogP contribution is -2.41. The van der Waals surface area contributed by atoms with Crippen LogP contribution in [-0.4, -0.2) is 10.9 Å². The second kappa shape index (κ2) is 7.19. The fourth-order valence-electron chi connectivity index (χ4n) is 5.98. The number of carbonyl (C=O) groups is 1. The first-order valence-corrected chi connectivity index (χ1v) is 11.0. The Labute approximate surface area is 179 Å². The highest BCUT2D eigenvalue weighted by molar-refractivity contribution is 6.30. The molecule has 156 valence electrons. The molecule has 0 heterocycles. The number of carbonyl (C=O) groups excluding carboxylic acids is 1. The molecule has 4 aliphatic carbocycles. The van der Waals surface area contributed by atoms with E-state index < -0.39 is 11.6 Å². The quantitative estimate of drug-likeness (QED) is 0.549. The van der Waals surface area contributed by atoms with Crippen LogP contribution in [0.2, 0.25) is 5.02 Å². The molecule has 2 aromatic rings. The van der Waals surface area contributed by atoms with Crippen LogP contribution in [0.4, 0.5) is 8.78 Å². The van der Waals surface area contributed by atoms with E-state index in [9.17, 15) is 18.7 Å². The normalized spacial score (nSPS) is 27.7. The number of fused-ring (bicyclic) bond motifs is 2. The van der Waals surface area contributed by atoms with Gasteiger partial charge in [-0.05, 0) is 78.8 Å². The van der Waals surface area contributed by atoms with Gasteiger partial charge < -0.3 is 5.11 Å². The van der Waals surface area contributed by atoms with Crippen LogP contribution in [0.5, 0.6) is 0 Å². The van der Waals surface area contributed by atoms with Crippen LogP contribution in [0.3, 0.4) is 0 Å². The maximum Gasteiger partial charge on any atom is 0.178 e. The molecule has 2 aromatic carbocycles. The Kier molecular flexibility index (Phi) is 4.73. The van der Waals surface area contributed by atoms with Gasteiger partial charge in [0.2, 0.25) is 0 Å². The summed E-state index contributed by atoms with van der Waals surface area (Å²) in [7, 11) is 0. The van der Waals surface area contributed by atoms with Gasteiger partial charge in [0.1, 0.15) is 5.76 Å². The first-order valence-electron chi connectivity index (χ1n) is 10.7. The van der Waals surface area contributed by atoms with Crippen molar-refractivity contribution in [3.8, 4) is 11.1 Å². The van der Waals surface area contributed by atoms with Crippen LogP contribution in [0.25, 0.3) is 16.7 Å². The number of halogens is 3. The van der Waals surface area contributed by atoms with Gasteiger partial charge in [0, 0.05) is 17.4 Å². The molecule has 2 nitrogen and oxygen atoms in total. The monoisotopic (exact) mass is 428 g/mol. The smallest absolute Gasteiger partial charge is 0.178 e. The van der Waals surface area contributed by atoms with E-state index in [2.05, 4.69) is 0 Å². The summed E-state index contributed by atoms with van der Waals surface area (Å²) < 4.78 is 28.6. The van der Waals surface area contributed by atoms with Crippen molar-refractivity contribution in [1.29, 1.82) is 0 Å². The zero-order valence-corrected chi connectivity index (χ0v) is 17.5. The highest BCUT2D eigenvalue weighted by Crippen LogP contribution is 2.57. The molecule has 2 bridgehead atoms. The Morgan fingerprint density at radius 1 is 0.967 bits per heavy atom. The maximum absolute atomic E-state index is 14.6. The first-order chi connectivity index (χ1) is 14.4. The van der Waals surface area contributed by atoms with Gasteiger partial charge in [0.05, 0.1) is 10.6 Å². The fourth-order valence-corrected chi connectivity index (χ4v) is 6.13. The van der Waals surface area contributed by atoms with Crippen LogP contribution in [0, 0.1) is 35.3 Å². The number of aliphatic hydroxyl groups excluding tert-OH is 1. The molecule has 1 N–H and O–H groups in total. The third-order valence-electron chi connectivity index (χ3n) is 7.45. The Bertz CT molecular complexity index is 1080. The predicted octanol–water partition coefficient (Wildman–Crippen LogP) is 6.75. The summed E-state index contributed by atoms with van der Waals surface area (Å²) in [6.07, 6.45) is 4.89. The van der Waals surface area contributed by atoms with E-state index in [1.54, 1.807) is 12.1 Å². The third-order valence-corrected chi connectivity index (χ3v) is 7.74. The van der Waals surface area contributed by atoms with Gasteiger partial charge in [-0.2, -0.15) is 0 Å². The lowest BCUT2D eigenvalue weighted by molar-refractivity contribution is -0.123. The summed E-state index contributed by atoms with van der Waals surface area (Å²) in [6, 6.07) is 8.04. The van der Waals surface area contributed by atoms with Crippen molar-refractivity contribution in [3.05, 3.63) is 63.9 Å². The lowest BCUT2D eigenvalue weighted by atomic mass is 9.59. The van der Waals surface area contributed by atoms with Crippen LogP contribution >= 0.6 is 11.6 Å². The van der Waals surface area contributed by atoms with Crippen LogP contribution in [0.15, 0.2) is 36.1 Å². The number of aliphatic hydroxyl groups is 1. The van der Waals surface area contributed by atoms with Gasteiger partial charge in [-0.1, -0.05) is 30.7 Å². The van der Waals surface area contributed by atoms with Crippen molar-refractivity contribution >= 4 is 23.0 Å². The SMILES string of the molecule is CCc1ccc(-c2ccc(Cl)c(F)c2F)cc1C1=C(O)[C@H]2C3CCC(CC3)[C@H]2C1=O. The van der Waals surface area contributed by atoms with Gasteiger partial charge in [0.15, 0.2) is 17.4 Å². The van der Waals surface area contributed by atoms with Gasteiger partial charge in [-0.3, -0.25) is 4.79 Å². The molecule has 3 fully saturated rings. The third kappa shape index (κ3) is 2.76. The van der Waals surface area contributed by atoms with Crippen LogP contribution in [-0.2, 0) is 11.2 Å². The molecule has 0 radical (unpaired) electrons. The molecular weight excluding hydrogens is 406 g/mol. The molecule has 2 atom stereocenters. The second-order valence-corrected chi connectivity index (χ2v) is 9.21. The van der Waals surface area contributed by atoms with E-state index in [1.165, 1.54) is 12.1 Å². The topological polar surface area (TPSA) is 37.3 Å². The molecular formula is C25H23ClF2O2. The Morgan fingerprint density at radius 3 is 2.27 bits per heavy atom. The largest absolute Gasteiger partial charge is 0.511 e. The van der Waals surface area contributed by atoms with Crippen LogP contribution in [0.1, 0.15) is 43.7 Å². The average molecular weight is 429 g/mol. The Morgan fingerprint density at radius 2 is 1.63 bits per heavy atom. The minimum Gasteiger partial charge on any atom is -0.511 e. The van der Waals surface area contributed by atoms with Gasteiger partial charge in [-0.25, -0.2) is 8.78 Å². The zero-order valence-electron chi connectivity index (χ0n) is 16.7. The van der Waals surface area contributed by atoms with E-state index in [-0.39, 0.29) is 34.0 Å². The molecule has 4 aliphatic rings. The molecule has 0 saturated heterocycles. The highest BCUT2D eigenvalue weighted by Gasteiger charge is 2.54.